The number of carbonyl (C=O) groups excluding carboxylic acids is 2. The molecule has 0 aromatic heterocycles. The first-order valence-electron chi connectivity index (χ1n) is 6.01. The largest absolute Gasteiger partial charge is 0.427 e. The van der Waals surface area contributed by atoms with Gasteiger partial charge in [0.2, 0.25) is 0 Å². The van der Waals surface area contributed by atoms with Crippen molar-refractivity contribution in [3.8, 4) is 5.75 Å². The molecule has 0 spiro atoms. The number of hydrogen-bond donors (Lipinski definition) is 0. The Morgan fingerprint density at radius 2 is 2.11 bits per heavy atom. The zero-order chi connectivity index (χ0) is 14.0. The van der Waals surface area contributed by atoms with Gasteiger partial charge in [-0.1, -0.05) is 11.8 Å². The molecule has 19 heavy (non-hydrogen) atoms. The van der Waals surface area contributed by atoms with E-state index in [0.29, 0.717) is 5.75 Å². The molecule has 0 unspecified atom stereocenters. The van der Waals surface area contributed by atoms with Gasteiger partial charge in [0.05, 0.1) is 10.7 Å². The number of rotatable bonds is 3. The van der Waals surface area contributed by atoms with Crippen LogP contribution in [0.25, 0.3) is 0 Å². The number of benzene rings is 1. The number of allylic oxidation sites excluding steroid dienone is 1. The second-order valence-corrected chi connectivity index (χ2v) is 5.22. The molecule has 0 bridgehead atoms. The van der Waals surface area contributed by atoms with Crippen LogP contribution >= 0.6 is 11.8 Å². The molecule has 1 aliphatic heterocycles. The van der Waals surface area contributed by atoms with Gasteiger partial charge in [-0.2, -0.15) is 0 Å². The van der Waals surface area contributed by atoms with Gasteiger partial charge in [0.25, 0.3) is 0 Å². The Bertz CT molecular complexity index is 566. The van der Waals surface area contributed by atoms with Crippen LogP contribution in [0.2, 0.25) is 0 Å². The van der Waals surface area contributed by atoms with Crippen molar-refractivity contribution in [3.05, 3.63) is 29.3 Å². The molecule has 2 rings (SSSR count). The van der Waals surface area contributed by atoms with E-state index in [2.05, 4.69) is 0 Å². The normalized spacial score (nSPS) is 15.5. The van der Waals surface area contributed by atoms with Crippen molar-refractivity contribution < 1.29 is 14.3 Å². The number of nitrogens with zero attached hydrogens (tertiary/aromatic N) is 1. The lowest BCUT2D eigenvalue weighted by molar-refractivity contribution is -0.131. The van der Waals surface area contributed by atoms with Crippen molar-refractivity contribution in [1.82, 2.24) is 0 Å². The van der Waals surface area contributed by atoms with E-state index < -0.39 is 0 Å². The Kier molecular flexibility index (Phi) is 3.95. The Labute approximate surface area is 116 Å². The SMILES string of the molecule is CCN1/C(=C\C(C)=O)Sc2ccc(OC(C)=O)cc21. The van der Waals surface area contributed by atoms with Gasteiger partial charge in [0.1, 0.15) is 5.75 Å². The van der Waals surface area contributed by atoms with Crippen molar-refractivity contribution in [1.29, 1.82) is 0 Å². The number of ketones is 1. The van der Waals surface area contributed by atoms with Gasteiger partial charge in [-0.05, 0) is 26.0 Å². The topological polar surface area (TPSA) is 46.6 Å². The second-order valence-electron chi connectivity index (χ2n) is 4.16. The molecule has 1 aromatic carbocycles. The minimum absolute atomic E-state index is 0.0222. The highest BCUT2D eigenvalue weighted by Crippen LogP contribution is 2.47. The van der Waals surface area contributed by atoms with Crippen molar-refractivity contribution in [2.45, 2.75) is 25.7 Å². The highest BCUT2D eigenvalue weighted by molar-refractivity contribution is 8.03. The fourth-order valence-corrected chi connectivity index (χ4v) is 3.12. The van der Waals surface area contributed by atoms with Gasteiger partial charge >= 0.3 is 5.97 Å². The molecule has 5 heteroatoms. The summed E-state index contributed by atoms with van der Waals surface area (Å²) in [4.78, 5) is 25.3. The van der Waals surface area contributed by atoms with Crippen LogP contribution in [-0.2, 0) is 9.59 Å². The molecule has 0 atom stereocenters. The van der Waals surface area contributed by atoms with Crippen LogP contribution in [0.5, 0.6) is 5.75 Å². The molecule has 1 aromatic rings. The minimum atomic E-state index is -0.340. The Hall–Kier alpha value is -1.75. The summed E-state index contributed by atoms with van der Waals surface area (Å²) in [6, 6.07) is 5.49. The summed E-state index contributed by atoms with van der Waals surface area (Å²) >= 11 is 1.55. The lowest BCUT2D eigenvalue weighted by Gasteiger charge is -2.18. The summed E-state index contributed by atoms with van der Waals surface area (Å²) in [6.45, 7) is 5.68. The van der Waals surface area contributed by atoms with E-state index in [1.807, 2.05) is 24.0 Å². The van der Waals surface area contributed by atoms with Gasteiger partial charge in [-0.3, -0.25) is 9.59 Å². The van der Waals surface area contributed by atoms with E-state index in [0.717, 1.165) is 22.2 Å². The zero-order valence-electron chi connectivity index (χ0n) is 11.1. The molecular weight excluding hydrogens is 262 g/mol. The Balaban J connectivity index is 2.37. The summed E-state index contributed by atoms with van der Waals surface area (Å²) in [5, 5.41) is 0.907. The van der Waals surface area contributed by atoms with E-state index >= 15 is 0 Å². The Morgan fingerprint density at radius 1 is 1.37 bits per heavy atom. The third-order valence-corrected chi connectivity index (χ3v) is 3.72. The molecule has 4 nitrogen and oxygen atoms in total. The maximum Gasteiger partial charge on any atom is 0.308 e. The van der Waals surface area contributed by atoms with Gasteiger partial charge in [-0.15, -0.1) is 0 Å². The van der Waals surface area contributed by atoms with E-state index in [1.165, 1.54) is 13.8 Å². The first kappa shape index (κ1) is 13.7. The fraction of sp³-hybridized carbons (Fsp3) is 0.286. The fourth-order valence-electron chi connectivity index (χ4n) is 1.92. The molecule has 1 aliphatic rings. The summed E-state index contributed by atoms with van der Waals surface area (Å²) in [6.07, 6.45) is 1.62. The van der Waals surface area contributed by atoms with Crippen LogP contribution < -0.4 is 9.64 Å². The summed E-state index contributed by atoms with van der Waals surface area (Å²) in [7, 11) is 0. The number of hydrogen-bond acceptors (Lipinski definition) is 5. The van der Waals surface area contributed by atoms with Gasteiger partial charge in [0.15, 0.2) is 5.78 Å². The predicted molar refractivity (Wildman–Crippen MR) is 75.4 cm³/mol. The molecule has 0 saturated carbocycles. The van der Waals surface area contributed by atoms with Crippen LogP contribution in [0.1, 0.15) is 20.8 Å². The van der Waals surface area contributed by atoms with Crippen LogP contribution in [0.3, 0.4) is 0 Å². The number of fused-ring (bicyclic) bond motifs is 1. The highest BCUT2D eigenvalue weighted by Gasteiger charge is 2.24. The molecule has 0 fully saturated rings. The lowest BCUT2D eigenvalue weighted by atomic mass is 10.2. The van der Waals surface area contributed by atoms with Gasteiger partial charge in [0, 0.05) is 30.5 Å². The summed E-state index contributed by atoms with van der Waals surface area (Å²) < 4.78 is 5.09. The van der Waals surface area contributed by atoms with Crippen molar-refractivity contribution >= 4 is 29.2 Å². The molecule has 0 amide bonds. The van der Waals surface area contributed by atoms with Gasteiger partial charge in [-0.25, -0.2) is 0 Å². The minimum Gasteiger partial charge on any atom is -0.427 e. The number of ether oxygens (including phenoxy) is 1. The maximum atomic E-state index is 11.2. The standard InChI is InChI=1S/C14H15NO3S/c1-4-15-12-8-11(18-10(3)17)5-6-13(12)19-14(15)7-9(2)16/h5-8H,4H2,1-3H3/b14-7+. The van der Waals surface area contributed by atoms with Crippen LogP contribution in [0.15, 0.2) is 34.2 Å². The summed E-state index contributed by atoms with van der Waals surface area (Å²) in [5.41, 5.74) is 0.971. The van der Waals surface area contributed by atoms with Crippen molar-refractivity contribution in [2.24, 2.45) is 0 Å². The maximum absolute atomic E-state index is 11.2. The van der Waals surface area contributed by atoms with Crippen LogP contribution in [0.4, 0.5) is 5.69 Å². The monoisotopic (exact) mass is 277 g/mol. The van der Waals surface area contributed by atoms with Crippen LogP contribution in [-0.4, -0.2) is 18.3 Å². The van der Waals surface area contributed by atoms with Crippen molar-refractivity contribution in [2.75, 3.05) is 11.4 Å². The molecular formula is C14H15NO3S. The molecule has 1 heterocycles. The molecule has 0 saturated heterocycles. The molecule has 100 valence electrons. The van der Waals surface area contributed by atoms with Gasteiger partial charge < -0.3 is 9.64 Å². The zero-order valence-corrected chi connectivity index (χ0v) is 11.9. The third-order valence-electron chi connectivity index (χ3n) is 2.61. The highest BCUT2D eigenvalue weighted by atomic mass is 32.2. The number of anilines is 1. The van der Waals surface area contributed by atoms with E-state index in [4.69, 9.17) is 4.74 Å². The first-order valence-corrected chi connectivity index (χ1v) is 6.83. The number of carbonyl (C=O) groups is 2. The van der Waals surface area contributed by atoms with Crippen LogP contribution in [0, 0.1) is 0 Å². The summed E-state index contributed by atoms with van der Waals surface area (Å²) in [5.74, 6) is 0.205. The van der Waals surface area contributed by atoms with E-state index in [9.17, 15) is 9.59 Å². The molecule has 0 aliphatic carbocycles. The first-order chi connectivity index (χ1) is 9.01. The van der Waals surface area contributed by atoms with E-state index in [-0.39, 0.29) is 11.8 Å². The molecule has 0 N–H and O–H groups in total. The third kappa shape index (κ3) is 2.98. The molecule has 0 radical (unpaired) electrons. The second kappa shape index (κ2) is 5.48. The smallest absolute Gasteiger partial charge is 0.308 e. The number of esters is 1. The Morgan fingerprint density at radius 3 is 2.68 bits per heavy atom. The quantitative estimate of drug-likeness (QED) is 0.483. The predicted octanol–water partition coefficient (Wildman–Crippen LogP) is 2.97. The van der Waals surface area contributed by atoms with Crippen molar-refractivity contribution in [3.63, 3.8) is 0 Å². The number of thioether (sulfide) groups is 1. The lowest BCUT2D eigenvalue weighted by Crippen LogP contribution is -2.17. The van der Waals surface area contributed by atoms with E-state index in [1.54, 1.807) is 23.9 Å². The average molecular weight is 277 g/mol. The average Bonchev–Trinajstić information content (AvgIpc) is 2.63.